The molecular formula is C17H24N2. The van der Waals surface area contributed by atoms with Crippen LogP contribution in [0.3, 0.4) is 0 Å². The third kappa shape index (κ3) is 2.68. The van der Waals surface area contributed by atoms with Crippen LogP contribution < -0.4 is 0 Å². The van der Waals surface area contributed by atoms with E-state index in [2.05, 4.69) is 35.3 Å². The molecule has 1 saturated carbocycles. The molecule has 102 valence electrons. The van der Waals surface area contributed by atoms with Crippen molar-refractivity contribution in [2.75, 3.05) is 0 Å². The van der Waals surface area contributed by atoms with Crippen LogP contribution in [-0.4, -0.2) is 10.2 Å². The molecule has 1 heterocycles. The number of aryl methyl sites for hydroxylation is 1. The molecule has 2 nitrogen and oxygen atoms in total. The van der Waals surface area contributed by atoms with Gasteiger partial charge in [0.05, 0.1) is 5.52 Å². The van der Waals surface area contributed by atoms with Crippen LogP contribution >= 0.6 is 0 Å². The standard InChI is InChI=1S/C17H24N2/c1-13-9-8-12-15-16(13)17(19-18-15)14-10-6-4-2-3-5-7-11-14/h8-9,12,14H,2-7,10-11H2,1H3,(H,18,19). The maximum absolute atomic E-state index is 4.51. The van der Waals surface area contributed by atoms with Crippen LogP contribution in [0.2, 0.25) is 0 Å². The highest BCUT2D eigenvalue weighted by atomic mass is 15.1. The Labute approximate surface area is 115 Å². The second-order valence-corrected chi connectivity index (χ2v) is 6.00. The normalized spacial score (nSPS) is 19.0. The summed E-state index contributed by atoms with van der Waals surface area (Å²) < 4.78 is 0. The van der Waals surface area contributed by atoms with Gasteiger partial charge in [0, 0.05) is 17.0 Å². The van der Waals surface area contributed by atoms with Crippen LogP contribution in [0.25, 0.3) is 10.9 Å². The highest BCUT2D eigenvalue weighted by Gasteiger charge is 2.18. The van der Waals surface area contributed by atoms with Gasteiger partial charge in [-0.05, 0) is 31.4 Å². The summed E-state index contributed by atoms with van der Waals surface area (Å²) in [7, 11) is 0. The number of aromatic amines is 1. The van der Waals surface area contributed by atoms with Gasteiger partial charge < -0.3 is 0 Å². The number of nitrogens with one attached hydrogen (secondary N) is 1. The van der Waals surface area contributed by atoms with Crippen molar-refractivity contribution in [2.45, 2.75) is 64.2 Å². The monoisotopic (exact) mass is 256 g/mol. The predicted molar refractivity (Wildman–Crippen MR) is 80.5 cm³/mol. The SMILES string of the molecule is Cc1cccc2n[nH]c(C3CCCCCCCC3)c12. The van der Waals surface area contributed by atoms with Gasteiger partial charge in [-0.25, -0.2) is 0 Å². The van der Waals surface area contributed by atoms with Gasteiger partial charge in [-0.15, -0.1) is 0 Å². The molecule has 0 amide bonds. The summed E-state index contributed by atoms with van der Waals surface area (Å²) in [5, 5.41) is 9.23. The largest absolute Gasteiger partial charge is 0.281 e. The van der Waals surface area contributed by atoms with E-state index >= 15 is 0 Å². The Morgan fingerprint density at radius 2 is 1.68 bits per heavy atom. The van der Waals surface area contributed by atoms with Gasteiger partial charge in [-0.2, -0.15) is 5.10 Å². The van der Waals surface area contributed by atoms with Gasteiger partial charge in [0.25, 0.3) is 0 Å². The molecule has 2 heteroatoms. The van der Waals surface area contributed by atoms with E-state index in [9.17, 15) is 0 Å². The topological polar surface area (TPSA) is 28.7 Å². The number of hydrogen-bond donors (Lipinski definition) is 1. The van der Waals surface area contributed by atoms with Gasteiger partial charge in [0.1, 0.15) is 0 Å². The van der Waals surface area contributed by atoms with Crippen molar-refractivity contribution in [1.82, 2.24) is 10.2 Å². The fourth-order valence-electron chi connectivity index (χ4n) is 3.49. The molecule has 0 saturated heterocycles. The molecule has 19 heavy (non-hydrogen) atoms. The lowest BCUT2D eigenvalue weighted by molar-refractivity contribution is 0.530. The predicted octanol–water partition coefficient (Wildman–Crippen LogP) is 5.09. The van der Waals surface area contributed by atoms with Crippen molar-refractivity contribution in [3.8, 4) is 0 Å². The average molecular weight is 256 g/mol. The second kappa shape index (κ2) is 5.77. The van der Waals surface area contributed by atoms with Crippen molar-refractivity contribution in [3.63, 3.8) is 0 Å². The van der Waals surface area contributed by atoms with E-state index in [1.807, 2.05) is 0 Å². The summed E-state index contributed by atoms with van der Waals surface area (Å²) in [4.78, 5) is 0. The highest BCUT2D eigenvalue weighted by Crippen LogP contribution is 2.34. The van der Waals surface area contributed by atoms with Gasteiger partial charge in [0.15, 0.2) is 0 Å². The summed E-state index contributed by atoms with van der Waals surface area (Å²) in [6.07, 6.45) is 11.1. The summed E-state index contributed by atoms with van der Waals surface area (Å²) in [5.41, 5.74) is 3.89. The number of fused-ring (bicyclic) bond motifs is 1. The number of aromatic nitrogens is 2. The average Bonchev–Trinajstić information content (AvgIpc) is 2.87. The molecule has 0 atom stereocenters. The molecule has 1 aliphatic carbocycles. The fourth-order valence-corrected chi connectivity index (χ4v) is 3.49. The molecular weight excluding hydrogens is 232 g/mol. The van der Waals surface area contributed by atoms with Crippen LogP contribution in [0, 0.1) is 6.92 Å². The lowest BCUT2D eigenvalue weighted by atomic mass is 9.91. The quantitative estimate of drug-likeness (QED) is 0.756. The first-order valence-corrected chi connectivity index (χ1v) is 7.80. The third-order valence-corrected chi connectivity index (χ3v) is 4.58. The molecule has 1 aliphatic rings. The number of rotatable bonds is 1. The maximum Gasteiger partial charge on any atom is 0.0926 e. The van der Waals surface area contributed by atoms with Crippen LogP contribution in [0.1, 0.15) is 68.5 Å². The minimum absolute atomic E-state index is 0.684. The number of benzene rings is 1. The first-order chi connectivity index (χ1) is 9.36. The van der Waals surface area contributed by atoms with E-state index in [0.29, 0.717) is 5.92 Å². The summed E-state index contributed by atoms with van der Waals surface area (Å²) >= 11 is 0. The zero-order valence-corrected chi connectivity index (χ0v) is 11.9. The first-order valence-electron chi connectivity index (χ1n) is 7.80. The Bertz CT molecular complexity index is 531. The van der Waals surface area contributed by atoms with Crippen molar-refractivity contribution < 1.29 is 0 Å². The van der Waals surface area contributed by atoms with E-state index in [4.69, 9.17) is 0 Å². The van der Waals surface area contributed by atoms with Gasteiger partial charge in [0.2, 0.25) is 0 Å². The van der Waals surface area contributed by atoms with Crippen LogP contribution in [0.4, 0.5) is 0 Å². The van der Waals surface area contributed by atoms with Crippen LogP contribution in [0.5, 0.6) is 0 Å². The molecule has 0 spiro atoms. The summed E-state index contributed by atoms with van der Waals surface area (Å²) in [6.45, 7) is 2.20. The first kappa shape index (κ1) is 12.7. The molecule has 1 aromatic carbocycles. The molecule has 0 bridgehead atoms. The lowest BCUT2D eigenvalue weighted by Gasteiger charge is -2.15. The Morgan fingerprint density at radius 1 is 1.00 bits per heavy atom. The van der Waals surface area contributed by atoms with Crippen LogP contribution in [-0.2, 0) is 0 Å². The molecule has 1 N–H and O–H groups in total. The third-order valence-electron chi connectivity index (χ3n) is 4.58. The van der Waals surface area contributed by atoms with Crippen molar-refractivity contribution in [3.05, 3.63) is 29.5 Å². The van der Waals surface area contributed by atoms with Gasteiger partial charge in [-0.1, -0.05) is 50.7 Å². The van der Waals surface area contributed by atoms with Crippen LogP contribution in [0.15, 0.2) is 18.2 Å². The van der Waals surface area contributed by atoms with Crippen molar-refractivity contribution >= 4 is 10.9 Å². The van der Waals surface area contributed by atoms with Crippen molar-refractivity contribution in [2.24, 2.45) is 0 Å². The Hall–Kier alpha value is -1.31. The van der Waals surface area contributed by atoms with E-state index in [0.717, 1.165) is 5.52 Å². The molecule has 0 unspecified atom stereocenters. The summed E-state index contributed by atoms with van der Waals surface area (Å²) in [6, 6.07) is 6.43. The Balaban J connectivity index is 1.92. The Morgan fingerprint density at radius 3 is 2.42 bits per heavy atom. The molecule has 3 rings (SSSR count). The molecule has 1 aromatic heterocycles. The molecule has 0 aliphatic heterocycles. The smallest absolute Gasteiger partial charge is 0.0926 e. The van der Waals surface area contributed by atoms with Gasteiger partial charge in [-0.3, -0.25) is 5.10 Å². The minimum Gasteiger partial charge on any atom is -0.281 e. The second-order valence-electron chi connectivity index (χ2n) is 6.00. The highest BCUT2D eigenvalue weighted by molar-refractivity contribution is 5.85. The zero-order valence-electron chi connectivity index (χ0n) is 11.9. The summed E-state index contributed by atoms with van der Waals surface area (Å²) in [5.74, 6) is 0.684. The van der Waals surface area contributed by atoms with Gasteiger partial charge >= 0.3 is 0 Å². The number of H-pyrrole nitrogens is 1. The van der Waals surface area contributed by atoms with E-state index in [1.54, 1.807) is 0 Å². The van der Waals surface area contributed by atoms with E-state index < -0.39 is 0 Å². The molecule has 2 aromatic rings. The maximum atomic E-state index is 4.51. The minimum atomic E-state index is 0.684. The Kier molecular flexibility index (Phi) is 3.86. The fraction of sp³-hybridized carbons (Fsp3) is 0.588. The molecule has 1 fully saturated rings. The number of nitrogens with zero attached hydrogens (tertiary/aromatic N) is 1. The molecule has 0 radical (unpaired) electrons. The zero-order chi connectivity index (χ0) is 13.1. The number of hydrogen-bond acceptors (Lipinski definition) is 1. The lowest BCUT2D eigenvalue weighted by Crippen LogP contribution is -2.00. The van der Waals surface area contributed by atoms with E-state index in [1.165, 1.54) is 68.0 Å². The van der Waals surface area contributed by atoms with Crippen molar-refractivity contribution in [1.29, 1.82) is 0 Å². The van der Waals surface area contributed by atoms with E-state index in [-0.39, 0.29) is 0 Å².